The molecule has 0 atom stereocenters. The third kappa shape index (κ3) is 5.49. The first kappa shape index (κ1) is 17.6. The first-order valence-corrected chi connectivity index (χ1v) is 7.35. The molecule has 2 aromatic rings. The Morgan fingerprint density at radius 2 is 2.12 bits per heavy atom. The molecule has 0 spiro atoms. The van der Waals surface area contributed by atoms with E-state index in [2.05, 4.69) is 25.7 Å². The lowest BCUT2D eigenvalue weighted by molar-refractivity contribution is 0.0818. The molecule has 9 heteroatoms. The van der Waals surface area contributed by atoms with Gasteiger partial charge in [-0.2, -0.15) is 5.10 Å². The van der Waals surface area contributed by atoms with E-state index < -0.39 is 13.0 Å². The SMILES string of the molecule is CN=C(NCc1cccc(OCC(F)F)c1)NCc1ncnn1C. The third-order valence-electron chi connectivity index (χ3n) is 3.18. The smallest absolute Gasteiger partial charge is 0.272 e. The Kier molecular flexibility index (Phi) is 6.47. The van der Waals surface area contributed by atoms with Crippen LogP contribution in [0.2, 0.25) is 0 Å². The van der Waals surface area contributed by atoms with Crippen molar-refractivity contribution >= 4 is 5.96 Å². The Bertz CT molecular complexity index is 673. The molecule has 0 radical (unpaired) electrons. The molecular weight excluding hydrogens is 318 g/mol. The largest absolute Gasteiger partial charge is 0.488 e. The Labute approximate surface area is 138 Å². The van der Waals surface area contributed by atoms with E-state index in [1.165, 1.54) is 6.33 Å². The second-order valence-corrected chi connectivity index (χ2v) is 4.93. The molecule has 0 aliphatic carbocycles. The van der Waals surface area contributed by atoms with Crippen LogP contribution in [0.5, 0.6) is 5.75 Å². The monoisotopic (exact) mass is 338 g/mol. The van der Waals surface area contributed by atoms with Crippen LogP contribution in [0.3, 0.4) is 0 Å². The van der Waals surface area contributed by atoms with Crippen LogP contribution in [-0.4, -0.2) is 40.8 Å². The van der Waals surface area contributed by atoms with Crippen molar-refractivity contribution in [2.45, 2.75) is 19.5 Å². The maximum Gasteiger partial charge on any atom is 0.272 e. The Balaban J connectivity index is 1.84. The number of aliphatic imine (C=N–C) groups is 1. The highest BCUT2D eigenvalue weighted by atomic mass is 19.3. The predicted molar refractivity (Wildman–Crippen MR) is 86.0 cm³/mol. The van der Waals surface area contributed by atoms with Gasteiger partial charge in [-0.25, -0.2) is 13.8 Å². The first-order chi connectivity index (χ1) is 11.6. The number of nitrogens with zero attached hydrogens (tertiary/aromatic N) is 4. The summed E-state index contributed by atoms with van der Waals surface area (Å²) in [5, 5.41) is 10.3. The van der Waals surface area contributed by atoms with E-state index in [4.69, 9.17) is 4.74 Å². The fourth-order valence-electron chi connectivity index (χ4n) is 1.95. The Morgan fingerprint density at radius 1 is 1.33 bits per heavy atom. The van der Waals surface area contributed by atoms with Gasteiger partial charge in [0.25, 0.3) is 6.43 Å². The van der Waals surface area contributed by atoms with Crippen molar-refractivity contribution < 1.29 is 13.5 Å². The van der Waals surface area contributed by atoms with Gasteiger partial charge in [0.2, 0.25) is 0 Å². The highest BCUT2D eigenvalue weighted by molar-refractivity contribution is 5.79. The number of hydrogen-bond donors (Lipinski definition) is 2. The fourth-order valence-corrected chi connectivity index (χ4v) is 1.95. The number of hydrogen-bond acceptors (Lipinski definition) is 4. The number of benzene rings is 1. The van der Waals surface area contributed by atoms with E-state index in [1.54, 1.807) is 29.9 Å². The first-order valence-electron chi connectivity index (χ1n) is 7.35. The molecule has 0 unspecified atom stereocenters. The Hall–Kier alpha value is -2.71. The molecule has 7 nitrogen and oxygen atoms in total. The van der Waals surface area contributed by atoms with Crippen molar-refractivity contribution in [3.63, 3.8) is 0 Å². The molecule has 1 heterocycles. The van der Waals surface area contributed by atoms with Crippen LogP contribution >= 0.6 is 0 Å². The van der Waals surface area contributed by atoms with Crippen molar-refractivity contribution in [3.8, 4) is 5.75 Å². The highest BCUT2D eigenvalue weighted by Gasteiger charge is 2.05. The summed E-state index contributed by atoms with van der Waals surface area (Å²) in [6.45, 7) is 0.343. The molecule has 2 rings (SSSR count). The van der Waals surface area contributed by atoms with Crippen LogP contribution in [0.15, 0.2) is 35.6 Å². The molecule has 130 valence electrons. The van der Waals surface area contributed by atoms with E-state index in [9.17, 15) is 8.78 Å². The van der Waals surface area contributed by atoms with Crippen LogP contribution in [0, 0.1) is 0 Å². The molecule has 0 bridgehead atoms. The van der Waals surface area contributed by atoms with Crippen LogP contribution in [0.1, 0.15) is 11.4 Å². The molecule has 0 saturated carbocycles. The van der Waals surface area contributed by atoms with Crippen LogP contribution in [0.4, 0.5) is 8.78 Å². The average molecular weight is 338 g/mol. The third-order valence-corrected chi connectivity index (χ3v) is 3.18. The van der Waals surface area contributed by atoms with Gasteiger partial charge in [0, 0.05) is 20.6 Å². The fraction of sp³-hybridized carbons (Fsp3) is 0.400. The lowest BCUT2D eigenvalue weighted by Gasteiger charge is -2.12. The van der Waals surface area contributed by atoms with Gasteiger partial charge in [-0.05, 0) is 17.7 Å². The van der Waals surface area contributed by atoms with Crippen molar-refractivity contribution in [2.75, 3.05) is 13.7 Å². The number of halogens is 2. The average Bonchev–Trinajstić information content (AvgIpc) is 2.98. The van der Waals surface area contributed by atoms with Gasteiger partial charge in [0.1, 0.15) is 24.5 Å². The van der Waals surface area contributed by atoms with E-state index in [1.807, 2.05) is 13.1 Å². The summed E-state index contributed by atoms with van der Waals surface area (Å²) in [4.78, 5) is 8.24. The lowest BCUT2D eigenvalue weighted by atomic mass is 10.2. The maximum absolute atomic E-state index is 12.2. The zero-order valence-corrected chi connectivity index (χ0v) is 13.5. The molecule has 0 fully saturated rings. The standard InChI is InChI=1S/C15H20F2N6O/c1-18-15(20-8-14-21-10-22-23(14)2)19-7-11-4-3-5-12(6-11)24-9-13(16)17/h3-6,10,13H,7-9H2,1-2H3,(H2,18,19,20). The Morgan fingerprint density at radius 3 is 2.79 bits per heavy atom. The van der Waals surface area contributed by atoms with E-state index in [0.29, 0.717) is 24.8 Å². The summed E-state index contributed by atoms with van der Waals surface area (Å²) in [7, 11) is 3.47. The van der Waals surface area contributed by atoms with Gasteiger partial charge in [0.05, 0.1) is 6.54 Å². The summed E-state index contributed by atoms with van der Waals surface area (Å²) >= 11 is 0. The van der Waals surface area contributed by atoms with Gasteiger partial charge >= 0.3 is 0 Å². The number of aryl methyl sites for hydroxylation is 1. The second kappa shape index (κ2) is 8.80. The molecule has 0 amide bonds. The lowest BCUT2D eigenvalue weighted by Crippen LogP contribution is -2.36. The van der Waals surface area contributed by atoms with Crippen molar-refractivity contribution in [3.05, 3.63) is 42.0 Å². The van der Waals surface area contributed by atoms with Crippen LogP contribution < -0.4 is 15.4 Å². The quantitative estimate of drug-likeness (QED) is 0.588. The normalized spacial score (nSPS) is 11.6. The van der Waals surface area contributed by atoms with Crippen LogP contribution in [-0.2, 0) is 20.1 Å². The topological polar surface area (TPSA) is 76.4 Å². The minimum atomic E-state index is -2.49. The zero-order chi connectivity index (χ0) is 17.4. The minimum Gasteiger partial charge on any atom is -0.488 e. The number of nitrogens with one attached hydrogen (secondary N) is 2. The summed E-state index contributed by atoms with van der Waals surface area (Å²) in [6, 6.07) is 6.99. The summed E-state index contributed by atoms with van der Waals surface area (Å²) in [5.74, 6) is 1.79. The van der Waals surface area contributed by atoms with E-state index >= 15 is 0 Å². The number of rotatable bonds is 7. The number of guanidine groups is 1. The zero-order valence-electron chi connectivity index (χ0n) is 13.5. The summed E-state index contributed by atoms with van der Waals surface area (Å²) in [6.07, 6.45) is -1.01. The number of alkyl halides is 2. The number of aromatic nitrogens is 3. The summed E-state index contributed by atoms with van der Waals surface area (Å²) < 4.78 is 31.0. The van der Waals surface area contributed by atoms with Gasteiger partial charge in [-0.15, -0.1) is 0 Å². The molecule has 0 aliphatic rings. The molecular formula is C15H20F2N6O. The van der Waals surface area contributed by atoms with Crippen molar-refractivity contribution in [1.82, 2.24) is 25.4 Å². The van der Waals surface area contributed by atoms with Crippen molar-refractivity contribution in [2.24, 2.45) is 12.0 Å². The predicted octanol–water partition coefficient (Wildman–Crippen LogP) is 1.32. The molecule has 0 aliphatic heterocycles. The van der Waals surface area contributed by atoms with Gasteiger partial charge in [-0.1, -0.05) is 12.1 Å². The molecule has 2 N–H and O–H groups in total. The van der Waals surface area contributed by atoms with Crippen LogP contribution in [0.25, 0.3) is 0 Å². The maximum atomic E-state index is 12.2. The molecule has 0 saturated heterocycles. The molecule has 1 aromatic heterocycles. The van der Waals surface area contributed by atoms with E-state index in [0.717, 1.165) is 11.4 Å². The summed E-state index contributed by atoms with van der Waals surface area (Å²) in [5.41, 5.74) is 0.892. The highest BCUT2D eigenvalue weighted by Crippen LogP contribution is 2.14. The van der Waals surface area contributed by atoms with Gasteiger partial charge in [0.15, 0.2) is 5.96 Å². The van der Waals surface area contributed by atoms with E-state index in [-0.39, 0.29) is 0 Å². The van der Waals surface area contributed by atoms with Gasteiger partial charge in [-0.3, -0.25) is 9.67 Å². The number of ether oxygens (including phenoxy) is 1. The van der Waals surface area contributed by atoms with Crippen molar-refractivity contribution in [1.29, 1.82) is 0 Å². The molecule has 24 heavy (non-hydrogen) atoms. The van der Waals surface area contributed by atoms with Gasteiger partial charge < -0.3 is 15.4 Å². The minimum absolute atomic E-state index is 0.414. The molecule has 1 aromatic carbocycles. The second-order valence-electron chi connectivity index (χ2n) is 4.93.